The molecule has 0 amide bonds. The van der Waals surface area contributed by atoms with Crippen LogP contribution in [0.3, 0.4) is 0 Å². The highest BCUT2D eigenvalue weighted by Gasteiger charge is 2.23. The van der Waals surface area contributed by atoms with Crippen molar-refractivity contribution in [1.29, 1.82) is 0 Å². The average Bonchev–Trinajstić information content (AvgIpc) is 4.26. The Kier molecular flexibility index (Phi) is 18.7. The number of hydrogen-bond donors (Lipinski definition) is 3. The fourth-order valence-corrected chi connectivity index (χ4v) is 9.69. The number of imidazole rings is 2. The van der Waals surface area contributed by atoms with Gasteiger partial charge in [0.15, 0.2) is 0 Å². The number of nitrogen functional groups attached to an aromatic ring is 1. The Balaban J connectivity index is 0.000000216. The van der Waals surface area contributed by atoms with E-state index in [1.54, 1.807) is 56.7 Å². The number of carboxylic acids is 1. The summed E-state index contributed by atoms with van der Waals surface area (Å²) < 4.78 is 88.1. The molecule has 0 aliphatic rings. The van der Waals surface area contributed by atoms with E-state index < -0.39 is 16.0 Å². The van der Waals surface area contributed by atoms with Gasteiger partial charge in [0.25, 0.3) is 10.0 Å². The highest BCUT2D eigenvalue weighted by Crippen LogP contribution is 2.38. The van der Waals surface area contributed by atoms with Gasteiger partial charge in [-0.25, -0.2) is 27.2 Å². The normalized spacial score (nSPS) is 11.2. The molecule has 0 fully saturated rings. The van der Waals surface area contributed by atoms with Gasteiger partial charge in [0.1, 0.15) is 46.3 Å². The quantitative estimate of drug-likeness (QED) is 0.0310. The van der Waals surface area contributed by atoms with Gasteiger partial charge in [0.2, 0.25) is 0 Å². The van der Waals surface area contributed by atoms with Crippen molar-refractivity contribution in [3.05, 3.63) is 162 Å². The zero-order valence-corrected chi connectivity index (χ0v) is 45.0. The number of esters is 1. The summed E-state index contributed by atoms with van der Waals surface area (Å²) in [5, 5.41) is 9.16. The van der Waals surface area contributed by atoms with E-state index in [-0.39, 0.29) is 47.0 Å². The number of methoxy groups -OCH3 is 3. The van der Waals surface area contributed by atoms with E-state index in [4.69, 9.17) is 56.1 Å². The molecular weight excluding hydrogens is 1060 g/mol. The second kappa shape index (κ2) is 26.1. The smallest absolute Gasteiger partial charge is 0.305 e. The van der Waals surface area contributed by atoms with Crippen molar-refractivity contribution in [2.75, 3.05) is 45.0 Å². The number of nitrogens with one attached hydrogen (secondary N) is 1. The second-order valence-electron chi connectivity index (χ2n) is 18.0. The molecule has 20 heteroatoms. The number of benzene rings is 7. The van der Waals surface area contributed by atoms with Gasteiger partial charge in [-0.3, -0.25) is 23.4 Å². The molecule has 0 radical (unpaired) electrons. The van der Waals surface area contributed by atoms with E-state index in [1.807, 2.05) is 63.7 Å². The van der Waals surface area contributed by atoms with Crippen LogP contribution >= 0.6 is 11.6 Å². The summed E-state index contributed by atoms with van der Waals surface area (Å²) in [6, 6.07) is 39.9. The summed E-state index contributed by atoms with van der Waals surface area (Å²) in [7, 11) is 0.522. The molecule has 79 heavy (non-hydrogen) atoms. The van der Waals surface area contributed by atoms with Gasteiger partial charge in [-0.2, -0.15) is 0 Å². The summed E-state index contributed by atoms with van der Waals surface area (Å²) in [5.74, 6) is 1.61. The Labute approximate surface area is 460 Å². The number of ether oxygens (including phenoxy) is 5. The van der Waals surface area contributed by atoms with Crippen LogP contribution in [0.15, 0.2) is 150 Å². The Morgan fingerprint density at radius 1 is 0.608 bits per heavy atom. The number of sulfonamides is 1. The summed E-state index contributed by atoms with van der Waals surface area (Å²) in [6.07, 6.45) is 4.52. The number of fused-ring (bicyclic) bond motifs is 2. The first-order valence-corrected chi connectivity index (χ1v) is 27.0. The second-order valence-corrected chi connectivity index (χ2v) is 20.1. The number of unbranched alkanes of at least 4 members (excludes halogenated alkanes) is 4. The number of halogens is 3. The number of carbonyl (C=O) groups is 2. The van der Waals surface area contributed by atoms with E-state index in [2.05, 4.69) is 4.72 Å². The molecular formula is C59H57ClF2N6O10S. The molecule has 4 N–H and O–H groups in total. The zero-order valence-electron chi connectivity index (χ0n) is 43.5. The van der Waals surface area contributed by atoms with Crippen molar-refractivity contribution in [2.24, 2.45) is 0 Å². The molecule has 9 rings (SSSR count). The lowest BCUT2D eigenvalue weighted by Gasteiger charge is -2.15. The predicted molar refractivity (Wildman–Crippen MR) is 300 cm³/mol. The molecule has 0 atom stereocenters. The van der Waals surface area contributed by atoms with Crippen LogP contribution in [0.2, 0.25) is 5.02 Å². The maximum atomic E-state index is 13.8. The van der Waals surface area contributed by atoms with Crippen LogP contribution < -0.4 is 29.4 Å². The molecule has 0 aliphatic carbocycles. The molecule has 0 saturated carbocycles. The first-order chi connectivity index (χ1) is 38.1. The minimum atomic E-state index is -4.02. The monoisotopic (exact) mass is 1110 g/mol. The third-order valence-corrected chi connectivity index (χ3v) is 14.2. The molecule has 7 aromatic carbocycles. The minimum absolute atomic E-state index is 0.0246. The third kappa shape index (κ3) is 14.3. The van der Waals surface area contributed by atoms with Gasteiger partial charge >= 0.3 is 11.9 Å². The minimum Gasteiger partial charge on any atom is -0.497 e. The number of aromatic nitrogens is 4. The highest BCUT2D eigenvalue weighted by atomic mass is 35.5. The Hall–Kier alpha value is -8.68. The van der Waals surface area contributed by atoms with E-state index in [0.717, 1.165) is 41.0 Å². The Bertz CT molecular complexity index is 3660. The first-order valence-electron chi connectivity index (χ1n) is 25.2. The van der Waals surface area contributed by atoms with Gasteiger partial charge < -0.3 is 34.5 Å². The van der Waals surface area contributed by atoms with E-state index >= 15 is 0 Å². The summed E-state index contributed by atoms with van der Waals surface area (Å²) in [4.78, 5) is 31.8. The van der Waals surface area contributed by atoms with Crippen molar-refractivity contribution < 1.29 is 55.6 Å². The van der Waals surface area contributed by atoms with Gasteiger partial charge in [-0.15, -0.1) is 0 Å². The number of carbonyl (C=O) groups excluding carboxylic acids is 1. The summed E-state index contributed by atoms with van der Waals surface area (Å²) in [6.45, 7) is 0.695. The van der Waals surface area contributed by atoms with E-state index in [1.165, 1.54) is 55.6 Å². The summed E-state index contributed by atoms with van der Waals surface area (Å²) in [5.41, 5.74) is 12.5. The summed E-state index contributed by atoms with van der Waals surface area (Å²) >= 11 is 5.98. The van der Waals surface area contributed by atoms with Crippen LogP contribution in [0.5, 0.6) is 23.0 Å². The molecule has 0 unspecified atom stereocenters. The number of hydrogen-bond acceptors (Lipinski definition) is 12. The number of nitrogens with two attached hydrogens (primary N) is 1. The van der Waals surface area contributed by atoms with Crippen LogP contribution in [0.4, 0.5) is 20.2 Å². The van der Waals surface area contributed by atoms with Crippen LogP contribution in [-0.4, -0.2) is 79.1 Å². The van der Waals surface area contributed by atoms with Crippen molar-refractivity contribution in [3.63, 3.8) is 0 Å². The number of carboxylic acid groups (broad SMARTS) is 1. The standard InChI is InChI=1S/C33H31ClFN3O6S.C26H26FN3O4/c1-42-26-15-13-25(14-16-26)38-30-21-31(44-19-5-3-4-6-32(39)43-2)29(37-45(40,41)27-17-9-23(34)10-18-27)20-28(30)36-33(38)22-7-11-24(35)12-8-22;1-33-20-12-10-19(11-13-20)30-23-16-24(34-14-4-2-3-5-25(31)32)21(28)15-22(23)29-26(30)17-6-8-18(27)9-7-17/h7-18,20-21,37H,3-6,19H2,1-2H3;6-13,15-16H,2-5,14,28H2,1H3,(H,31,32). The predicted octanol–water partition coefficient (Wildman–Crippen LogP) is 12.9. The van der Waals surface area contributed by atoms with Gasteiger partial charge in [-0.1, -0.05) is 11.6 Å². The molecule has 410 valence electrons. The van der Waals surface area contributed by atoms with Crippen molar-refractivity contribution >= 4 is 67.0 Å². The molecule has 2 heterocycles. The Morgan fingerprint density at radius 2 is 1.08 bits per heavy atom. The molecule has 2 aromatic heterocycles. The van der Waals surface area contributed by atoms with E-state index in [0.29, 0.717) is 94.7 Å². The largest absolute Gasteiger partial charge is 0.497 e. The van der Waals surface area contributed by atoms with Gasteiger partial charge in [0, 0.05) is 52.5 Å². The van der Waals surface area contributed by atoms with Crippen LogP contribution in [-0.2, 0) is 24.3 Å². The van der Waals surface area contributed by atoms with E-state index in [9.17, 15) is 26.8 Å². The lowest BCUT2D eigenvalue weighted by Crippen LogP contribution is -2.14. The SMILES string of the molecule is COC(=O)CCCCCOc1cc2c(cc1NS(=O)(=O)c1ccc(Cl)cc1)nc(-c1ccc(F)cc1)n2-c1ccc(OC)cc1.COc1ccc(-n2c(-c3ccc(F)cc3)nc3cc(N)c(OCCCCCC(=O)O)cc32)cc1. The van der Waals surface area contributed by atoms with Crippen molar-refractivity contribution in [1.82, 2.24) is 19.1 Å². The number of anilines is 2. The van der Waals surface area contributed by atoms with Crippen LogP contribution in [0.25, 0.3) is 56.2 Å². The van der Waals surface area contributed by atoms with Gasteiger partial charge in [0.05, 0.1) is 72.9 Å². The van der Waals surface area contributed by atoms with Crippen LogP contribution in [0.1, 0.15) is 51.4 Å². The van der Waals surface area contributed by atoms with Gasteiger partial charge in [-0.05, 0) is 172 Å². The van der Waals surface area contributed by atoms with Crippen molar-refractivity contribution in [2.45, 2.75) is 56.3 Å². The molecule has 0 aliphatic heterocycles. The average molecular weight is 1120 g/mol. The molecule has 16 nitrogen and oxygen atoms in total. The zero-order chi connectivity index (χ0) is 56.1. The molecule has 0 bridgehead atoms. The molecule has 0 spiro atoms. The fraction of sp³-hybridized carbons (Fsp3) is 0.220. The lowest BCUT2D eigenvalue weighted by molar-refractivity contribution is -0.141. The maximum absolute atomic E-state index is 13.8. The third-order valence-electron chi connectivity index (χ3n) is 12.6. The maximum Gasteiger partial charge on any atom is 0.305 e. The lowest BCUT2D eigenvalue weighted by atomic mass is 10.2. The van der Waals surface area contributed by atoms with Crippen LogP contribution in [0, 0.1) is 11.6 Å². The number of nitrogens with zero attached hydrogens (tertiary/aromatic N) is 4. The number of rotatable bonds is 23. The van der Waals surface area contributed by atoms with Crippen molar-refractivity contribution in [3.8, 4) is 57.1 Å². The topological polar surface area (TPSA) is 208 Å². The fourth-order valence-electron chi connectivity index (χ4n) is 8.51. The molecule has 9 aromatic rings. The molecule has 0 saturated heterocycles. The Morgan fingerprint density at radius 3 is 1.56 bits per heavy atom. The number of aliphatic carboxylic acids is 1. The highest BCUT2D eigenvalue weighted by molar-refractivity contribution is 7.92. The first kappa shape index (κ1) is 56.5.